The molecule has 1 aromatic rings. The highest BCUT2D eigenvalue weighted by molar-refractivity contribution is 5.51. The number of hydrazine groups is 1. The number of nitrogen functional groups attached to an aromatic ring is 1. The fourth-order valence-corrected chi connectivity index (χ4v) is 0.611. The lowest BCUT2D eigenvalue weighted by Gasteiger charge is -1.97. The van der Waals surface area contributed by atoms with Gasteiger partial charge in [0.05, 0.1) is 5.69 Å². The van der Waals surface area contributed by atoms with Crippen LogP contribution < -0.4 is 11.3 Å². The standard InChI is InChI=1S/C6H6N4/c7-4-6-5(10-8)2-1-3-9-6/h1-3,10H,8H2. The van der Waals surface area contributed by atoms with Crippen LogP contribution in [0.25, 0.3) is 0 Å². The van der Waals surface area contributed by atoms with Crippen molar-refractivity contribution in [1.82, 2.24) is 4.98 Å². The smallest absolute Gasteiger partial charge is 0.164 e. The first-order chi connectivity index (χ1) is 4.88. The number of nitrogens with two attached hydrogens (primary N) is 1. The Labute approximate surface area is 58.3 Å². The number of anilines is 1. The van der Waals surface area contributed by atoms with E-state index in [1.807, 2.05) is 6.07 Å². The Kier molecular flexibility index (Phi) is 1.83. The topological polar surface area (TPSA) is 74.7 Å². The number of rotatable bonds is 1. The van der Waals surface area contributed by atoms with Crippen molar-refractivity contribution < 1.29 is 0 Å². The molecule has 0 fully saturated rings. The minimum atomic E-state index is 0.310. The maximum absolute atomic E-state index is 8.44. The Morgan fingerprint density at radius 2 is 2.50 bits per heavy atom. The van der Waals surface area contributed by atoms with E-state index in [1.165, 1.54) is 0 Å². The average molecular weight is 134 g/mol. The summed E-state index contributed by atoms with van der Waals surface area (Å²) in [4.78, 5) is 3.76. The van der Waals surface area contributed by atoms with Crippen molar-refractivity contribution in [2.75, 3.05) is 5.43 Å². The molecule has 0 spiro atoms. The lowest BCUT2D eigenvalue weighted by atomic mass is 10.3. The van der Waals surface area contributed by atoms with Crippen LogP contribution >= 0.6 is 0 Å². The second-order valence-corrected chi connectivity index (χ2v) is 1.66. The lowest BCUT2D eigenvalue weighted by Crippen LogP contribution is -2.08. The Morgan fingerprint density at radius 3 is 3.00 bits per heavy atom. The van der Waals surface area contributed by atoms with Gasteiger partial charge in [0.15, 0.2) is 5.69 Å². The minimum absolute atomic E-state index is 0.310. The normalized spacial score (nSPS) is 8.40. The molecule has 4 nitrogen and oxygen atoms in total. The molecule has 0 atom stereocenters. The number of nitrogens with one attached hydrogen (secondary N) is 1. The summed E-state index contributed by atoms with van der Waals surface area (Å²) in [5.74, 6) is 5.09. The van der Waals surface area contributed by atoms with E-state index < -0.39 is 0 Å². The van der Waals surface area contributed by atoms with E-state index in [2.05, 4.69) is 10.4 Å². The molecule has 0 aliphatic heterocycles. The van der Waals surface area contributed by atoms with Gasteiger partial charge >= 0.3 is 0 Å². The highest BCUT2D eigenvalue weighted by Gasteiger charge is 1.96. The summed E-state index contributed by atoms with van der Waals surface area (Å²) in [7, 11) is 0. The third-order valence-electron chi connectivity index (χ3n) is 1.07. The van der Waals surface area contributed by atoms with Gasteiger partial charge < -0.3 is 5.43 Å². The van der Waals surface area contributed by atoms with Crippen molar-refractivity contribution in [3.63, 3.8) is 0 Å². The summed E-state index contributed by atoms with van der Waals surface area (Å²) in [5.41, 5.74) is 3.22. The molecule has 0 amide bonds. The number of nitriles is 1. The molecular weight excluding hydrogens is 128 g/mol. The van der Waals surface area contributed by atoms with Gasteiger partial charge in [-0.05, 0) is 12.1 Å². The number of hydrogen-bond acceptors (Lipinski definition) is 4. The molecule has 0 saturated heterocycles. The van der Waals surface area contributed by atoms with Gasteiger partial charge in [-0.2, -0.15) is 5.26 Å². The zero-order chi connectivity index (χ0) is 7.40. The number of aromatic nitrogens is 1. The monoisotopic (exact) mass is 134 g/mol. The van der Waals surface area contributed by atoms with Gasteiger partial charge in [-0.25, -0.2) is 4.98 Å². The predicted octanol–water partition coefficient (Wildman–Crippen LogP) is 0.239. The van der Waals surface area contributed by atoms with E-state index in [-0.39, 0.29) is 0 Å². The summed E-state index contributed by atoms with van der Waals surface area (Å²) in [6.45, 7) is 0. The SMILES string of the molecule is N#Cc1ncccc1NN. The molecule has 1 heterocycles. The van der Waals surface area contributed by atoms with Gasteiger partial charge in [-0.15, -0.1) is 0 Å². The molecule has 0 aliphatic carbocycles. The van der Waals surface area contributed by atoms with Crippen molar-refractivity contribution in [2.45, 2.75) is 0 Å². The molecule has 0 aliphatic rings. The van der Waals surface area contributed by atoms with Crippen LogP contribution in [0.4, 0.5) is 5.69 Å². The van der Waals surface area contributed by atoms with E-state index in [9.17, 15) is 0 Å². The van der Waals surface area contributed by atoms with Crippen LogP contribution in [0, 0.1) is 11.3 Å². The first-order valence-corrected chi connectivity index (χ1v) is 2.70. The first kappa shape index (κ1) is 6.52. The molecule has 0 saturated carbocycles. The third kappa shape index (κ3) is 1.04. The van der Waals surface area contributed by atoms with Gasteiger partial charge in [0, 0.05) is 6.20 Å². The van der Waals surface area contributed by atoms with Crippen LogP contribution in [-0.2, 0) is 0 Å². The molecule has 50 valence electrons. The molecular formula is C6H6N4. The number of nitrogens with zero attached hydrogens (tertiary/aromatic N) is 2. The highest BCUT2D eigenvalue weighted by Crippen LogP contribution is 2.07. The van der Waals surface area contributed by atoms with E-state index in [1.54, 1.807) is 18.3 Å². The van der Waals surface area contributed by atoms with Crippen LogP contribution in [-0.4, -0.2) is 4.98 Å². The minimum Gasteiger partial charge on any atom is -0.322 e. The molecule has 1 rings (SSSR count). The van der Waals surface area contributed by atoms with Crippen molar-refractivity contribution in [2.24, 2.45) is 5.84 Å². The van der Waals surface area contributed by atoms with Crippen molar-refractivity contribution in [3.8, 4) is 6.07 Å². The fourth-order valence-electron chi connectivity index (χ4n) is 0.611. The van der Waals surface area contributed by atoms with Crippen LogP contribution in [0.1, 0.15) is 5.69 Å². The Bertz CT molecular complexity index is 263. The van der Waals surface area contributed by atoms with E-state index in [4.69, 9.17) is 11.1 Å². The van der Waals surface area contributed by atoms with E-state index in [0.29, 0.717) is 11.4 Å². The molecule has 10 heavy (non-hydrogen) atoms. The van der Waals surface area contributed by atoms with Gasteiger partial charge in [0.1, 0.15) is 6.07 Å². The Morgan fingerprint density at radius 1 is 1.70 bits per heavy atom. The van der Waals surface area contributed by atoms with Crippen LogP contribution in [0.3, 0.4) is 0 Å². The van der Waals surface area contributed by atoms with Crippen LogP contribution in [0.5, 0.6) is 0 Å². The highest BCUT2D eigenvalue weighted by atomic mass is 15.2. The molecule has 0 bridgehead atoms. The predicted molar refractivity (Wildman–Crippen MR) is 36.8 cm³/mol. The number of pyridine rings is 1. The summed E-state index contributed by atoms with van der Waals surface area (Å²) < 4.78 is 0. The van der Waals surface area contributed by atoms with Gasteiger partial charge in [0.2, 0.25) is 0 Å². The summed E-state index contributed by atoms with van der Waals surface area (Å²) >= 11 is 0. The quantitative estimate of drug-likeness (QED) is 0.426. The maximum atomic E-state index is 8.44. The van der Waals surface area contributed by atoms with Gasteiger partial charge in [-0.1, -0.05) is 0 Å². The fraction of sp³-hybridized carbons (Fsp3) is 0. The van der Waals surface area contributed by atoms with E-state index in [0.717, 1.165) is 0 Å². The summed E-state index contributed by atoms with van der Waals surface area (Å²) in [6.07, 6.45) is 1.54. The molecule has 1 aromatic heterocycles. The molecule has 0 radical (unpaired) electrons. The number of hydrogen-bond donors (Lipinski definition) is 2. The maximum Gasteiger partial charge on any atom is 0.164 e. The molecule has 0 aromatic carbocycles. The Balaban J connectivity index is 3.12. The molecule has 4 heteroatoms. The second kappa shape index (κ2) is 2.80. The van der Waals surface area contributed by atoms with Gasteiger partial charge in [-0.3, -0.25) is 5.84 Å². The third-order valence-corrected chi connectivity index (χ3v) is 1.07. The largest absolute Gasteiger partial charge is 0.322 e. The average Bonchev–Trinajstić information content (AvgIpc) is 2.04. The summed E-state index contributed by atoms with van der Waals surface area (Å²) in [5, 5.41) is 8.44. The lowest BCUT2D eigenvalue weighted by molar-refractivity contribution is 1.23. The Hall–Kier alpha value is -1.60. The van der Waals surface area contributed by atoms with Crippen molar-refractivity contribution >= 4 is 5.69 Å². The van der Waals surface area contributed by atoms with Crippen LogP contribution in [0.15, 0.2) is 18.3 Å². The van der Waals surface area contributed by atoms with E-state index >= 15 is 0 Å². The zero-order valence-corrected chi connectivity index (χ0v) is 5.20. The second-order valence-electron chi connectivity index (χ2n) is 1.66. The molecule has 0 unspecified atom stereocenters. The molecule has 3 N–H and O–H groups in total. The van der Waals surface area contributed by atoms with Gasteiger partial charge in [0.25, 0.3) is 0 Å². The zero-order valence-electron chi connectivity index (χ0n) is 5.20. The van der Waals surface area contributed by atoms with Crippen LogP contribution in [0.2, 0.25) is 0 Å². The first-order valence-electron chi connectivity index (χ1n) is 2.70. The summed E-state index contributed by atoms with van der Waals surface area (Å²) in [6, 6.07) is 5.28. The van der Waals surface area contributed by atoms with Crippen molar-refractivity contribution in [3.05, 3.63) is 24.0 Å². The van der Waals surface area contributed by atoms with Crippen molar-refractivity contribution in [1.29, 1.82) is 5.26 Å².